The molecule has 3 aliphatic rings. The first-order valence-corrected chi connectivity index (χ1v) is 9.24. The minimum absolute atomic E-state index is 0.0904. The summed E-state index contributed by atoms with van der Waals surface area (Å²) in [6, 6.07) is 0. The van der Waals surface area contributed by atoms with Gasteiger partial charge in [-0.05, 0) is 55.3 Å². The van der Waals surface area contributed by atoms with Crippen LogP contribution in [-0.4, -0.2) is 34.1 Å². The average Bonchev–Trinajstić information content (AvgIpc) is 3.16. The summed E-state index contributed by atoms with van der Waals surface area (Å²) in [7, 11) is 0. The minimum atomic E-state index is -0.817. The molecule has 132 valence electrons. The highest BCUT2D eigenvalue weighted by molar-refractivity contribution is 5.16. The number of epoxide rings is 1. The molecule has 1 heterocycles. The van der Waals surface area contributed by atoms with Crippen molar-refractivity contribution < 1.29 is 14.9 Å². The lowest BCUT2D eigenvalue weighted by Gasteiger charge is -2.61. The Hall–Kier alpha value is -0.380. The monoisotopic (exact) mass is 322 g/mol. The lowest BCUT2D eigenvalue weighted by Crippen LogP contribution is -2.60. The molecule has 0 radical (unpaired) electrons. The molecular formula is C20H34O3. The average molecular weight is 322 g/mol. The molecule has 0 amide bonds. The third-order valence-electron chi connectivity index (χ3n) is 7.35. The van der Waals surface area contributed by atoms with Crippen molar-refractivity contribution in [3.8, 4) is 0 Å². The van der Waals surface area contributed by atoms with Crippen LogP contribution in [0.4, 0.5) is 0 Å². The summed E-state index contributed by atoms with van der Waals surface area (Å²) >= 11 is 0. The van der Waals surface area contributed by atoms with Crippen LogP contribution in [0.15, 0.2) is 12.7 Å². The lowest BCUT2D eigenvalue weighted by molar-refractivity contribution is -0.168. The van der Waals surface area contributed by atoms with E-state index in [1.54, 1.807) is 6.08 Å². The fraction of sp³-hybridized carbons (Fsp3) is 0.900. The molecule has 2 N–H and O–H groups in total. The van der Waals surface area contributed by atoms with Crippen LogP contribution in [0.1, 0.15) is 66.2 Å². The van der Waals surface area contributed by atoms with Crippen molar-refractivity contribution in [2.24, 2.45) is 22.7 Å². The normalized spacial score (nSPS) is 47.7. The van der Waals surface area contributed by atoms with Crippen molar-refractivity contribution >= 4 is 0 Å². The fourth-order valence-electron chi connectivity index (χ4n) is 6.24. The van der Waals surface area contributed by atoms with Crippen molar-refractivity contribution in [2.45, 2.75) is 83.5 Å². The second-order valence-electron chi connectivity index (χ2n) is 9.60. The summed E-state index contributed by atoms with van der Waals surface area (Å²) in [5.74, 6) is 0.728. The quantitative estimate of drug-likeness (QED) is 0.613. The van der Waals surface area contributed by atoms with E-state index < -0.39 is 5.60 Å². The van der Waals surface area contributed by atoms with Gasteiger partial charge in [0, 0.05) is 6.42 Å². The molecule has 1 saturated heterocycles. The summed E-state index contributed by atoms with van der Waals surface area (Å²) in [5.41, 5.74) is -0.702. The third kappa shape index (κ3) is 2.79. The Balaban J connectivity index is 1.90. The molecule has 6 atom stereocenters. The van der Waals surface area contributed by atoms with Crippen LogP contribution in [0, 0.1) is 22.7 Å². The maximum absolute atomic E-state index is 10.9. The SMILES string of the molecule is C=C[C@@](C)(O)CC[C@H]1C2(CO2)C[C@H](O)[C@H]2C(C)(C)CCC[C@@]21C. The number of aliphatic hydroxyl groups excluding tert-OH is 1. The zero-order chi connectivity index (χ0) is 17.1. The number of rotatable bonds is 4. The number of hydrogen-bond donors (Lipinski definition) is 2. The van der Waals surface area contributed by atoms with E-state index in [9.17, 15) is 10.2 Å². The molecule has 1 aliphatic heterocycles. The van der Waals surface area contributed by atoms with Gasteiger partial charge in [-0.2, -0.15) is 0 Å². The van der Waals surface area contributed by atoms with Gasteiger partial charge in [0.15, 0.2) is 0 Å². The van der Waals surface area contributed by atoms with Crippen molar-refractivity contribution in [3.63, 3.8) is 0 Å². The predicted molar refractivity (Wildman–Crippen MR) is 92.1 cm³/mol. The minimum Gasteiger partial charge on any atom is -0.393 e. The zero-order valence-electron chi connectivity index (χ0n) is 15.3. The summed E-state index contributed by atoms with van der Waals surface area (Å²) in [6.07, 6.45) is 7.36. The van der Waals surface area contributed by atoms with E-state index in [1.807, 2.05) is 6.92 Å². The van der Waals surface area contributed by atoms with Gasteiger partial charge in [0.05, 0.1) is 23.9 Å². The third-order valence-corrected chi connectivity index (χ3v) is 7.35. The number of hydrogen-bond acceptors (Lipinski definition) is 3. The first-order valence-electron chi connectivity index (χ1n) is 9.24. The molecule has 0 aromatic rings. The Morgan fingerprint density at radius 1 is 1.30 bits per heavy atom. The Kier molecular flexibility index (Phi) is 4.02. The van der Waals surface area contributed by atoms with E-state index in [-0.39, 0.29) is 22.5 Å². The Bertz CT molecular complexity index is 477. The molecule has 0 aromatic carbocycles. The van der Waals surface area contributed by atoms with Crippen molar-refractivity contribution in [1.82, 2.24) is 0 Å². The maximum Gasteiger partial charge on any atom is 0.0974 e. The Morgan fingerprint density at radius 3 is 2.52 bits per heavy atom. The van der Waals surface area contributed by atoms with Crippen LogP contribution >= 0.6 is 0 Å². The first kappa shape index (κ1) is 17.4. The van der Waals surface area contributed by atoms with E-state index in [2.05, 4.69) is 27.4 Å². The van der Waals surface area contributed by atoms with Gasteiger partial charge in [-0.25, -0.2) is 0 Å². The molecule has 3 rings (SSSR count). The van der Waals surface area contributed by atoms with Gasteiger partial charge >= 0.3 is 0 Å². The first-order chi connectivity index (χ1) is 10.6. The zero-order valence-corrected chi connectivity index (χ0v) is 15.3. The van der Waals surface area contributed by atoms with E-state index in [4.69, 9.17) is 4.74 Å². The van der Waals surface area contributed by atoms with Crippen LogP contribution in [0.5, 0.6) is 0 Å². The molecular weight excluding hydrogens is 288 g/mol. The molecule has 3 heteroatoms. The second-order valence-corrected chi connectivity index (χ2v) is 9.60. The molecule has 3 fully saturated rings. The lowest BCUT2D eigenvalue weighted by atomic mass is 9.45. The molecule has 3 nitrogen and oxygen atoms in total. The van der Waals surface area contributed by atoms with Crippen LogP contribution in [0.25, 0.3) is 0 Å². The molecule has 0 bridgehead atoms. The molecule has 2 aliphatic carbocycles. The predicted octanol–water partition coefficient (Wildman–Crippen LogP) is 3.69. The summed E-state index contributed by atoms with van der Waals surface area (Å²) in [5, 5.41) is 21.3. The highest BCUT2D eigenvalue weighted by atomic mass is 16.6. The smallest absolute Gasteiger partial charge is 0.0974 e. The Morgan fingerprint density at radius 2 is 1.96 bits per heavy atom. The van der Waals surface area contributed by atoms with Crippen molar-refractivity contribution in [2.75, 3.05) is 6.61 Å². The highest BCUT2D eigenvalue weighted by Crippen LogP contribution is 2.66. The van der Waals surface area contributed by atoms with Crippen molar-refractivity contribution in [3.05, 3.63) is 12.7 Å². The summed E-state index contributed by atoms with van der Waals surface area (Å²) in [6.45, 7) is 13.4. The molecule has 0 aromatic heterocycles. The van der Waals surface area contributed by atoms with Gasteiger partial charge in [0.25, 0.3) is 0 Å². The van der Waals surface area contributed by atoms with Gasteiger partial charge in [-0.15, -0.1) is 6.58 Å². The summed E-state index contributed by atoms with van der Waals surface area (Å²) in [4.78, 5) is 0. The van der Waals surface area contributed by atoms with E-state index in [0.29, 0.717) is 18.3 Å². The van der Waals surface area contributed by atoms with Gasteiger partial charge in [-0.1, -0.05) is 33.3 Å². The van der Waals surface area contributed by atoms with Gasteiger partial charge in [-0.3, -0.25) is 0 Å². The van der Waals surface area contributed by atoms with Gasteiger partial charge < -0.3 is 14.9 Å². The second kappa shape index (κ2) is 5.31. The standard InChI is InChI=1S/C20H34O3/c1-6-18(4,22)11-8-15-19(5)10-7-9-17(2,3)16(19)14(21)12-20(15)13-23-20/h6,14-16,21-22H,1,7-13H2,2-5H3/t14-,15+,16-,18+,19+,20?/m0/s1. The van der Waals surface area contributed by atoms with Gasteiger partial charge in [0.1, 0.15) is 0 Å². The highest BCUT2D eigenvalue weighted by Gasteiger charge is 2.67. The van der Waals surface area contributed by atoms with E-state index in [0.717, 1.165) is 25.9 Å². The van der Waals surface area contributed by atoms with Crippen LogP contribution in [0.2, 0.25) is 0 Å². The molecule has 1 spiro atoms. The summed E-state index contributed by atoms with van der Waals surface area (Å²) < 4.78 is 5.93. The Labute approximate surface area is 141 Å². The number of ether oxygens (including phenoxy) is 1. The van der Waals surface area contributed by atoms with Crippen molar-refractivity contribution in [1.29, 1.82) is 0 Å². The molecule has 23 heavy (non-hydrogen) atoms. The number of aliphatic hydroxyl groups is 2. The van der Waals surface area contributed by atoms with Crippen LogP contribution in [-0.2, 0) is 4.74 Å². The number of fused-ring (bicyclic) bond motifs is 1. The van der Waals surface area contributed by atoms with Gasteiger partial charge in [0.2, 0.25) is 0 Å². The topological polar surface area (TPSA) is 53.0 Å². The molecule has 1 unspecified atom stereocenters. The molecule has 2 saturated carbocycles. The van der Waals surface area contributed by atoms with E-state index >= 15 is 0 Å². The maximum atomic E-state index is 10.9. The largest absolute Gasteiger partial charge is 0.393 e. The van der Waals surface area contributed by atoms with Crippen LogP contribution in [0.3, 0.4) is 0 Å². The fourth-order valence-corrected chi connectivity index (χ4v) is 6.24. The van der Waals surface area contributed by atoms with Crippen LogP contribution < -0.4 is 0 Å². The van der Waals surface area contributed by atoms with E-state index in [1.165, 1.54) is 12.8 Å².